The summed E-state index contributed by atoms with van der Waals surface area (Å²) in [6, 6.07) is 7.90. The van der Waals surface area contributed by atoms with Crippen LogP contribution in [0.4, 0.5) is 0 Å². The monoisotopic (exact) mass is 410 g/mol. The number of carbonyl (C=O) groups is 2. The molecule has 2 N–H and O–H groups in total. The van der Waals surface area contributed by atoms with Crippen LogP contribution in [-0.4, -0.2) is 59.4 Å². The summed E-state index contributed by atoms with van der Waals surface area (Å²) in [7, 11) is 0. The minimum Gasteiger partial charge on any atom is -0.492 e. The van der Waals surface area contributed by atoms with Crippen LogP contribution in [0.5, 0.6) is 5.75 Å². The molecule has 0 saturated heterocycles. The standard InChI is InChI=1S/C22H26N4O4/c1-2-23-21(28)20-17-7-8-26(13-16(17)11-24-22(20)29)19(27)14-25-9-10-30-18-6-4-3-5-15(18)12-25/h3-6,11H,2,7-10,12-14H2,1H3,(H,23,28)(H,24,29). The maximum Gasteiger partial charge on any atom is 0.261 e. The van der Waals surface area contributed by atoms with Gasteiger partial charge in [0.2, 0.25) is 5.91 Å². The highest BCUT2D eigenvalue weighted by Crippen LogP contribution is 2.23. The van der Waals surface area contributed by atoms with Gasteiger partial charge in [0.25, 0.3) is 11.5 Å². The van der Waals surface area contributed by atoms with Gasteiger partial charge in [-0.25, -0.2) is 0 Å². The van der Waals surface area contributed by atoms with Gasteiger partial charge in [0, 0.05) is 44.5 Å². The van der Waals surface area contributed by atoms with Gasteiger partial charge in [-0.2, -0.15) is 0 Å². The number of rotatable bonds is 4. The van der Waals surface area contributed by atoms with Crippen LogP contribution in [0.15, 0.2) is 35.3 Å². The topological polar surface area (TPSA) is 94.7 Å². The van der Waals surface area contributed by atoms with Crippen molar-refractivity contribution >= 4 is 11.8 Å². The second-order valence-corrected chi connectivity index (χ2v) is 7.59. The molecule has 1 aromatic heterocycles. The number of aromatic amines is 1. The number of benzene rings is 1. The lowest BCUT2D eigenvalue weighted by atomic mass is 9.96. The molecule has 2 amide bonds. The molecule has 2 aromatic rings. The van der Waals surface area contributed by atoms with E-state index in [9.17, 15) is 14.4 Å². The largest absolute Gasteiger partial charge is 0.492 e. The summed E-state index contributed by atoms with van der Waals surface area (Å²) < 4.78 is 5.78. The number of H-pyrrole nitrogens is 1. The summed E-state index contributed by atoms with van der Waals surface area (Å²) in [4.78, 5) is 44.0. The third-order valence-electron chi connectivity index (χ3n) is 5.59. The lowest BCUT2D eigenvalue weighted by molar-refractivity contribution is -0.133. The minimum absolute atomic E-state index is 0.0331. The smallest absolute Gasteiger partial charge is 0.261 e. The maximum atomic E-state index is 13.0. The van der Waals surface area contributed by atoms with Crippen molar-refractivity contribution in [2.24, 2.45) is 0 Å². The molecule has 0 radical (unpaired) electrons. The molecule has 0 spiro atoms. The molecule has 0 saturated carbocycles. The van der Waals surface area contributed by atoms with Crippen LogP contribution >= 0.6 is 0 Å². The van der Waals surface area contributed by atoms with E-state index in [2.05, 4.69) is 15.2 Å². The molecule has 2 aliphatic rings. The average molecular weight is 410 g/mol. The van der Waals surface area contributed by atoms with Gasteiger partial charge in [-0.05, 0) is 30.5 Å². The number of para-hydroxylation sites is 1. The normalized spacial score (nSPS) is 16.1. The van der Waals surface area contributed by atoms with E-state index >= 15 is 0 Å². The molecule has 0 aliphatic carbocycles. The molecule has 0 atom stereocenters. The zero-order valence-electron chi connectivity index (χ0n) is 17.1. The lowest BCUT2D eigenvalue weighted by Crippen LogP contribution is -2.44. The van der Waals surface area contributed by atoms with Crippen molar-refractivity contribution in [3.8, 4) is 5.75 Å². The Balaban J connectivity index is 1.46. The molecule has 4 rings (SSSR count). The first-order chi connectivity index (χ1) is 14.6. The SMILES string of the molecule is CCNC(=O)c1c2c(c[nH]c1=O)CN(C(=O)CN1CCOc3ccccc3C1)CC2. The number of hydrogen-bond donors (Lipinski definition) is 2. The van der Waals surface area contributed by atoms with Crippen LogP contribution < -0.4 is 15.6 Å². The Morgan fingerprint density at radius 2 is 2.00 bits per heavy atom. The third kappa shape index (κ3) is 4.09. The van der Waals surface area contributed by atoms with E-state index in [0.29, 0.717) is 52.3 Å². The highest BCUT2D eigenvalue weighted by molar-refractivity contribution is 5.95. The Kier molecular flexibility index (Phi) is 5.85. The highest BCUT2D eigenvalue weighted by atomic mass is 16.5. The van der Waals surface area contributed by atoms with Crippen molar-refractivity contribution in [3.63, 3.8) is 0 Å². The molecule has 30 heavy (non-hydrogen) atoms. The molecular formula is C22H26N4O4. The van der Waals surface area contributed by atoms with Gasteiger partial charge < -0.3 is 19.9 Å². The molecule has 0 bridgehead atoms. The maximum absolute atomic E-state index is 13.0. The van der Waals surface area contributed by atoms with E-state index in [1.807, 2.05) is 31.2 Å². The van der Waals surface area contributed by atoms with Crippen molar-refractivity contribution in [2.75, 3.05) is 32.8 Å². The predicted octanol–water partition coefficient (Wildman–Crippen LogP) is 0.904. The number of carbonyl (C=O) groups excluding carboxylic acids is 2. The molecule has 2 aliphatic heterocycles. The number of amides is 2. The molecule has 8 heteroatoms. The molecule has 8 nitrogen and oxygen atoms in total. The van der Waals surface area contributed by atoms with Crippen molar-refractivity contribution < 1.29 is 14.3 Å². The Morgan fingerprint density at radius 3 is 2.83 bits per heavy atom. The van der Waals surface area contributed by atoms with Crippen LogP contribution in [0.25, 0.3) is 0 Å². The Hall–Kier alpha value is -3.13. The number of fused-ring (bicyclic) bond motifs is 2. The van der Waals surface area contributed by atoms with Gasteiger partial charge in [0.05, 0.1) is 6.54 Å². The summed E-state index contributed by atoms with van der Waals surface area (Å²) in [5, 5.41) is 2.70. The van der Waals surface area contributed by atoms with E-state index in [0.717, 1.165) is 22.4 Å². The Morgan fingerprint density at radius 1 is 1.17 bits per heavy atom. The van der Waals surface area contributed by atoms with Crippen molar-refractivity contribution in [2.45, 2.75) is 26.4 Å². The van der Waals surface area contributed by atoms with Gasteiger partial charge in [0.15, 0.2) is 0 Å². The number of nitrogens with zero attached hydrogens (tertiary/aromatic N) is 2. The van der Waals surface area contributed by atoms with Gasteiger partial charge in [-0.3, -0.25) is 19.3 Å². The Labute approximate surface area is 174 Å². The predicted molar refractivity (Wildman–Crippen MR) is 111 cm³/mol. The lowest BCUT2D eigenvalue weighted by Gasteiger charge is -2.31. The quantitative estimate of drug-likeness (QED) is 0.781. The van der Waals surface area contributed by atoms with Crippen LogP contribution in [0, 0.1) is 0 Å². The first kappa shape index (κ1) is 20.2. The zero-order chi connectivity index (χ0) is 21.1. The third-order valence-corrected chi connectivity index (χ3v) is 5.59. The fraction of sp³-hybridized carbons (Fsp3) is 0.409. The number of ether oxygens (including phenoxy) is 1. The Bertz CT molecular complexity index is 1020. The molecule has 158 valence electrons. The van der Waals surface area contributed by atoms with Crippen LogP contribution in [0.1, 0.15) is 34.0 Å². The molecule has 0 unspecified atom stereocenters. The van der Waals surface area contributed by atoms with E-state index in [1.54, 1.807) is 11.1 Å². The summed E-state index contributed by atoms with van der Waals surface area (Å²) in [6.45, 7) is 5.34. The van der Waals surface area contributed by atoms with E-state index < -0.39 is 0 Å². The summed E-state index contributed by atoms with van der Waals surface area (Å²) in [5.41, 5.74) is 2.42. The van der Waals surface area contributed by atoms with E-state index in [1.165, 1.54) is 0 Å². The van der Waals surface area contributed by atoms with Crippen molar-refractivity contribution in [3.05, 3.63) is 63.1 Å². The second kappa shape index (κ2) is 8.71. The summed E-state index contributed by atoms with van der Waals surface area (Å²) in [5.74, 6) is 0.547. The van der Waals surface area contributed by atoms with Crippen molar-refractivity contribution in [1.82, 2.24) is 20.1 Å². The minimum atomic E-state index is -0.386. The van der Waals surface area contributed by atoms with Crippen LogP contribution in [0.2, 0.25) is 0 Å². The van der Waals surface area contributed by atoms with Gasteiger partial charge in [-0.15, -0.1) is 0 Å². The van der Waals surface area contributed by atoms with Gasteiger partial charge in [0.1, 0.15) is 17.9 Å². The molecular weight excluding hydrogens is 384 g/mol. The fourth-order valence-corrected chi connectivity index (χ4v) is 4.08. The fourth-order valence-electron chi connectivity index (χ4n) is 4.08. The van der Waals surface area contributed by atoms with Crippen molar-refractivity contribution in [1.29, 1.82) is 0 Å². The average Bonchev–Trinajstić information content (AvgIpc) is 2.95. The molecule has 0 fully saturated rings. The molecule has 1 aromatic carbocycles. The van der Waals surface area contributed by atoms with E-state index in [4.69, 9.17) is 4.74 Å². The van der Waals surface area contributed by atoms with Gasteiger partial charge >= 0.3 is 0 Å². The number of pyridine rings is 1. The second-order valence-electron chi connectivity index (χ2n) is 7.59. The van der Waals surface area contributed by atoms with Crippen LogP contribution in [-0.2, 0) is 24.3 Å². The number of aromatic nitrogens is 1. The van der Waals surface area contributed by atoms with E-state index in [-0.39, 0.29) is 22.9 Å². The summed E-state index contributed by atoms with van der Waals surface area (Å²) >= 11 is 0. The number of nitrogens with one attached hydrogen (secondary N) is 2. The first-order valence-corrected chi connectivity index (χ1v) is 10.3. The molecule has 3 heterocycles. The first-order valence-electron chi connectivity index (χ1n) is 10.3. The summed E-state index contributed by atoms with van der Waals surface area (Å²) in [6.07, 6.45) is 2.11. The highest BCUT2D eigenvalue weighted by Gasteiger charge is 2.27. The zero-order valence-corrected chi connectivity index (χ0v) is 17.1. The number of hydrogen-bond acceptors (Lipinski definition) is 5. The van der Waals surface area contributed by atoms with Crippen LogP contribution in [0.3, 0.4) is 0 Å². The van der Waals surface area contributed by atoms with Gasteiger partial charge in [-0.1, -0.05) is 18.2 Å².